The smallest absolute Gasteiger partial charge is 0.255 e. The molecule has 0 radical (unpaired) electrons. The molecular weight excluding hydrogens is 298 g/mol. The monoisotopic (exact) mass is 315 g/mol. The Morgan fingerprint density at radius 3 is 2.71 bits per heavy atom. The molecule has 1 rings (SSSR count). The molecule has 0 fully saturated rings. The van der Waals surface area contributed by atoms with Crippen molar-refractivity contribution < 1.29 is 4.79 Å². The maximum Gasteiger partial charge on any atom is 0.255 e. The Labute approximate surface area is 116 Å². The number of thioether (sulfide) groups is 1. The van der Waals surface area contributed by atoms with Crippen LogP contribution in [0.15, 0.2) is 22.7 Å². The third-order valence-electron chi connectivity index (χ3n) is 2.74. The average Bonchev–Trinajstić information content (AvgIpc) is 2.27. The van der Waals surface area contributed by atoms with Crippen LogP contribution >= 0.6 is 27.7 Å². The Kier molecular flexibility index (Phi) is 5.53. The maximum absolute atomic E-state index is 12.3. The van der Waals surface area contributed by atoms with Crippen LogP contribution in [0.4, 0.5) is 0 Å². The van der Waals surface area contributed by atoms with E-state index in [2.05, 4.69) is 29.1 Å². The zero-order valence-electron chi connectivity index (χ0n) is 10.7. The van der Waals surface area contributed by atoms with Crippen molar-refractivity contribution in [3.63, 3.8) is 0 Å². The molecule has 2 nitrogen and oxygen atoms in total. The lowest BCUT2D eigenvalue weighted by atomic mass is 10.1. The van der Waals surface area contributed by atoms with Gasteiger partial charge in [-0.25, -0.2) is 0 Å². The quantitative estimate of drug-likeness (QED) is 0.846. The molecule has 0 N–H and O–H groups in total. The summed E-state index contributed by atoms with van der Waals surface area (Å²) in [6.45, 7) is 4.08. The van der Waals surface area contributed by atoms with E-state index < -0.39 is 0 Å². The summed E-state index contributed by atoms with van der Waals surface area (Å²) >= 11 is 5.20. The molecule has 0 aliphatic carbocycles. The fraction of sp³-hybridized carbons (Fsp3) is 0.462. The Morgan fingerprint density at radius 1 is 1.53 bits per heavy atom. The molecule has 0 spiro atoms. The normalized spacial score (nSPS) is 12.3. The van der Waals surface area contributed by atoms with Gasteiger partial charge in [0.2, 0.25) is 0 Å². The number of nitrogens with zero attached hydrogens (tertiary/aromatic N) is 1. The first-order valence-electron chi connectivity index (χ1n) is 5.49. The fourth-order valence-electron chi connectivity index (χ4n) is 1.54. The second-order valence-electron chi connectivity index (χ2n) is 4.20. The maximum atomic E-state index is 12.3. The van der Waals surface area contributed by atoms with Gasteiger partial charge in [-0.1, -0.05) is 6.07 Å². The highest BCUT2D eigenvalue weighted by molar-refractivity contribution is 9.10. The minimum absolute atomic E-state index is 0.0680. The predicted molar refractivity (Wildman–Crippen MR) is 78.8 cm³/mol. The van der Waals surface area contributed by atoms with Crippen molar-refractivity contribution in [3.8, 4) is 0 Å². The number of hydrogen-bond donors (Lipinski definition) is 0. The molecule has 1 aromatic rings. The van der Waals surface area contributed by atoms with E-state index in [1.165, 1.54) is 0 Å². The Hall–Kier alpha value is -0.480. The van der Waals surface area contributed by atoms with Crippen LogP contribution in [0.1, 0.15) is 22.8 Å². The van der Waals surface area contributed by atoms with Crippen LogP contribution in [0.3, 0.4) is 0 Å². The second kappa shape index (κ2) is 6.45. The molecule has 17 heavy (non-hydrogen) atoms. The van der Waals surface area contributed by atoms with E-state index >= 15 is 0 Å². The van der Waals surface area contributed by atoms with E-state index in [0.717, 1.165) is 21.4 Å². The van der Waals surface area contributed by atoms with Crippen molar-refractivity contribution in [1.29, 1.82) is 0 Å². The van der Waals surface area contributed by atoms with Crippen LogP contribution in [-0.2, 0) is 0 Å². The van der Waals surface area contributed by atoms with E-state index in [9.17, 15) is 4.79 Å². The van der Waals surface area contributed by atoms with E-state index in [-0.39, 0.29) is 11.9 Å². The summed E-state index contributed by atoms with van der Waals surface area (Å²) in [5.41, 5.74) is 1.87. The third-order valence-corrected chi connectivity index (χ3v) is 4.22. The van der Waals surface area contributed by atoms with Crippen molar-refractivity contribution in [2.24, 2.45) is 0 Å². The van der Waals surface area contributed by atoms with Gasteiger partial charge in [0.15, 0.2) is 0 Å². The minimum Gasteiger partial charge on any atom is -0.338 e. The van der Waals surface area contributed by atoms with Crippen molar-refractivity contribution in [2.75, 3.05) is 19.1 Å². The Morgan fingerprint density at radius 2 is 2.18 bits per heavy atom. The molecule has 0 saturated heterocycles. The number of hydrogen-bond acceptors (Lipinski definition) is 2. The summed E-state index contributed by atoms with van der Waals surface area (Å²) in [6.07, 6.45) is 2.05. The first kappa shape index (κ1) is 14.6. The molecular formula is C13H18BrNOS. The molecule has 1 atom stereocenters. The summed E-state index contributed by atoms with van der Waals surface area (Å²) in [4.78, 5) is 14.1. The zero-order valence-corrected chi connectivity index (χ0v) is 13.1. The fourth-order valence-corrected chi connectivity index (χ4v) is 2.91. The molecule has 0 aliphatic rings. The van der Waals surface area contributed by atoms with E-state index in [1.54, 1.807) is 16.7 Å². The van der Waals surface area contributed by atoms with Gasteiger partial charge in [0, 0.05) is 23.3 Å². The molecule has 0 heterocycles. The SMILES string of the molecule is CSCC(C)N(C)C(=O)c1ccc(C)cc1Br. The predicted octanol–water partition coefficient (Wildman–Crippen LogP) is 3.58. The van der Waals surface area contributed by atoms with Crippen LogP contribution in [0.25, 0.3) is 0 Å². The lowest BCUT2D eigenvalue weighted by molar-refractivity contribution is 0.0756. The largest absolute Gasteiger partial charge is 0.338 e. The lowest BCUT2D eigenvalue weighted by Gasteiger charge is -2.24. The number of carbonyl (C=O) groups excluding carboxylic acids is 1. The van der Waals surface area contributed by atoms with Gasteiger partial charge in [-0.05, 0) is 53.7 Å². The molecule has 4 heteroatoms. The molecule has 0 aromatic heterocycles. The van der Waals surface area contributed by atoms with Gasteiger partial charge in [0.05, 0.1) is 5.56 Å². The van der Waals surface area contributed by atoms with Gasteiger partial charge >= 0.3 is 0 Å². The molecule has 1 amide bonds. The van der Waals surface area contributed by atoms with Crippen molar-refractivity contribution in [1.82, 2.24) is 4.90 Å². The molecule has 0 bridgehead atoms. The number of benzene rings is 1. The van der Waals surface area contributed by atoms with Gasteiger partial charge in [0.1, 0.15) is 0 Å². The molecule has 1 aromatic carbocycles. The molecule has 0 saturated carbocycles. The number of amides is 1. The summed E-state index contributed by atoms with van der Waals surface area (Å²) in [5, 5.41) is 0. The second-order valence-corrected chi connectivity index (χ2v) is 5.97. The number of halogens is 1. The highest BCUT2D eigenvalue weighted by atomic mass is 79.9. The number of rotatable bonds is 4. The van der Waals surface area contributed by atoms with Crippen molar-refractivity contribution >= 4 is 33.6 Å². The molecule has 0 aliphatic heterocycles. The van der Waals surface area contributed by atoms with Crippen LogP contribution in [-0.4, -0.2) is 35.9 Å². The van der Waals surface area contributed by atoms with Gasteiger partial charge in [0.25, 0.3) is 5.91 Å². The first-order chi connectivity index (χ1) is 7.97. The standard InChI is InChI=1S/C13H18BrNOS/c1-9-5-6-11(12(14)7-9)13(16)15(3)10(2)8-17-4/h5-7,10H,8H2,1-4H3. The van der Waals surface area contributed by atoms with Gasteiger partial charge in [-0.2, -0.15) is 11.8 Å². The highest BCUT2D eigenvalue weighted by Gasteiger charge is 2.18. The summed E-state index contributed by atoms with van der Waals surface area (Å²) in [7, 11) is 1.86. The van der Waals surface area contributed by atoms with E-state index in [0.29, 0.717) is 0 Å². The first-order valence-corrected chi connectivity index (χ1v) is 7.68. The Bertz CT molecular complexity index is 408. The van der Waals surface area contributed by atoms with Crippen molar-refractivity contribution in [3.05, 3.63) is 33.8 Å². The Balaban J connectivity index is 2.88. The topological polar surface area (TPSA) is 20.3 Å². The zero-order chi connectivity index (χ0) is 13.0. The van der Waals surface area contributed by atoms with Crippen molar-refractivity contribution in [2.45, 2.75) is 19.9 Å². The minimum atomic E-state index is 0.0680. The van der Waals surface area contributed by atoms with Crippen LogP contribution in [0, 0.1) is 6.92 Å². The molecule has 1 unspecified atom stereocenters. The van der Waals surface area contributed by atoms with E-state index in [1.807, 2.05) is 32.2 Å². The average molecular weight is 316 g/mol. The number of carbonyl (C=O) groups is 1. The van der Waals surface area contributed by atoms with Crippen LogP contribution in [0.5, 0.6) is 0 Å². The summed E-state index contributed by atoms with van der Waals surface area (Å²) in [5.74, 6) is 1.02. The summed E-state index contributed by atoms with van der Waals surface area (Å²) < 4.78 is 0.866. The van der Waals surface area contributed by atoms with Gasteiger partial charge in [-0.3, -0.25) is 4.79 Å². The lowest BCUT2D eigenvalue weighted by Crippen LogP contribution is -2.36. The third kappa shape index (κ3) is 3.75. The summed E-state index contributed by atoms with van der Waals surface area (Å²) in [6, 6.07) is 6.06. The van der Waals surface area contributed by atoms with Crippen LogP contribution in [0.2, 0.25) is 0 Å². The highest BCUT2D eigenvalue weighted by Crippen LogP contribution is 2.20. The van der Waals surface area contributed by atoms with Gasteiger partial charge < -0.3 is 4.90 Å². The molecule has 94 valence electrons. The van der Waals surface area contributed by atoms with Crippen LogP contribution < -0.4 is 0 Å². The van der Waals surface area contributed by atoms with Gasteiger partial charge in [-0.15, -0.1) is 0 Å². The van der Waals surface area contributed by atoms with E-state index in [4.69, 9.17) is 0 Å². The number of aryl methyl sites for hydroxylation is 1.